The van der Waals surface area contributed by atoms with Gasteiger partial charge in [-0.05, 0) is 60.5 Å². The Morgan fingerprint density at radius 2 is 1.36 bits per heavy atom. The Labute approximate surface area is 221 Å². The molecule has 0 aromatic heterocycles. The summed E-state index contributed by atoms with van der Waals surface area (Å²) < 4.78 is 78.6. The molecule has 1 heterocycles. The molecule has 0 spiro atoms. The Balaban J connectivity index is 1.37. The number of amides is 2. The molecular formula is C28H25F6N3O2. The van der Waals surface area contributed by atoms with Crippen molar-refractivity contribution < 1.29 is 35.9 Å². The topological polar surface area (TPSA) is 52.7 Å². The van der Waals surface area contributed by atoms with Gasteiger partial charge in [0.05, 0.1) is 17.5 Å². The van der Waals surface area contributed by atoms with Crippen LogP contribution in [-0.4, -0.2) is 42.9 Å². The molecule has 3 aromatic carbocycles. The van der Waals surface area contributed by atoms with Crippen molar-refractivity contribution in [3.63, 3.8) is 0 Å². The van der Waals surface area contributed by atoms with Gasteiger partial charge < -0.3 is 15.1 Å². The molecule has 1 N–H and O–H groups in total. The highest BCUT2D eigenvalue weighted by molar-refractivity contribution is 6.04. The average Bonchev–Trinajstić information content (AvgIpc) is 2.89. The number of halogens is 6. The molecule has 0 radical (unpaired) electrons. The lowest BCUT2D eigenvalue weighted by molar-refractivity contribution is -0.143. The molecule has 0 aliphatic carbocycles. The van der Waals surface area contributed by atoms with Crippen molar-refractivity contribution in [2.75, 3.05) is 36.4 Å². The number of hydrogen-bond acceptors (Lipinski definition) is 3. The number of nitrogens with one attached hydrogen (secondary N) is 1. The van der Waals surface area contributed by atoms with Crippen molar-refractivity contribution in [2.45, 2.75) is 25.7 Å². The second-order valence-corrected chi connectivity index (χ2v) is 9.27. The predicted octanol–water partition coefficient (Wildman–Crippen LogP) is 6.18. The highest BCUT2D eigenvalue weighted by atomic mass is 19.4. The molecule has 0 saturated carbocycles. The normalized spacial score (nSPS) is 14.3. The Bertz CT molecular complexity index is 1310. The summed E-state index contributed by atoms with van der Waals surface area (Å²) in [6, 6.07) is 14.9. The van der Waals surface area contributed by atoms with E-state index in [2.05, 4.69) is 5.32 Å². The van der Waals surface area contributed by atoms with Gasteiger partial charge in [0, 0.05) is 43.1 Å². The highest BCUT2D eigenvalue weighted by Crippen LogP contribution is 2.36. The van der Waals surface area contributed by atoms with E-state index in [1.807, 2.05) is 41.0 Å². The van der Waals surface area contributed by atoms with Gasteiger partial charge in [0.15, 0.2) is 0 Å². The number of alkyl halides is 6. The maximum absolute atomic E-state index is 13.1. The van der Waals surface area contributed by atoms with E-state index in [0.717, 1.165) is 16.8 Å². The summed E-state index contributed by atoms with van der Waals surface area (Å²) in [5.41, 5.74) is -0.816. The number of aryl methyl sites for hydroxylation is 1. The Kier molecular flexibility index (Phi) is 7.89. The van der Waals surface area contributed by atoms with Gasteiger partial charge in [0.2, 0.25) is 5.91 Å². The summed E-state index contributed by atoms with van der Waals surface area (Å²) >= 11 is 0. The van der Waals surface area contributed by atoms with Gasteiger partial charge >= 0.3 is 12.4 Å². The van der Waals surface area contributed by atoms with Crippen LogP contribution in [0.15, 0.2) is 66.7 Å². The molecular weight excluding hydrogens is 524 g/mol. The molecule has 1 saturated heterocycles. The molecule has 11 heteroatoms. The zero-order valence-electron chi connectivity index (χ0n) is 20.9. The fraction of sp³-hybridized carbons (Fsp3) is 0.286. The van der Waals surface area contributed by atoms with E-state index < -0.39 is 35.0 Å². The van der Waals surface area contributed by atoms with E-state index in [4.69, 9.17) is 0 Å². The van der Waals surface area contributed by atoms with Crippen LogP contribution in [0.5, 0.6) is 0 Å². The number of hydrogen-bond donors (Lipinski definition) is 1. The molecule has 206 valence electrons. The number of nitrogens with zero attached hydrogens (tertiary/aromatic N) is 2. The van der Waals surface area contributed by atoms with Crippen molar-refractivity contribution in [1.82, 2.24) is 4.90 Å². The first-order valence-corrected chi connectivity index (χ1v) is 12.1. The van der Waals surface area contributed by atoms with Crippen molar-refractivity contribution >= 4 is 23.2 Å². The predicted molar refractivity (Wildman–Crippen MR) is 135 cm³/mol. The molecule has 4 rings (SSSR count). The summed E-state index contributed by atoms with van der Waals surface area (Å²) in [7, 11) is 0. The van der Waals surface area contributed by atoms with E-state index in [1.54, 1.807) is 12.1 Å². The van der Waals surface area contributed by atoms with Gasteiger partial charge in [0.25, 0.3) is 5.91 Å². The minimum absolute atomic E-state index is 0.0262. The van der Waals surface area contributed by atoms with Gasteiger partial charge in [-0.2, -0.15) is 26.3 Å². The number of carbonyl (C=O) groups excluding carboxylic acids is 2. The lowest BCUT2D eigenvalue weighted by atomic mass is 10.0. The van der Waals surface area contributed by atoms with Gasteiger partial charge in [-0.15, -0.1) is 0 Å². The summed E-state index contributed by atoms with van der Waals surface area (Å²) in [6.45, 7) is 4.18. The van der Waals surface area contributed by atoms with Crippen LogP contribution in [0.2, 0.25) is 0 Å². The molecule has 1 fully saturated rings. The zero-order chi connectivity index (χ0) is 28.4. The van der Waals surface area contributed by atoms with Gasteiger partial charge in [-0.1, -0.05) is 24.3 Å². The SMILES string of the molecule is Cc1ccccc1CC(=O)N1CCN(c2ccc(NC(=O)c3cc(C(F)(F)F)cc(C(F)(F)F)c3)cc2)CC1. The highest BCUT2D eigenvalue weighted by Gasteiger charge is 2.37. The fourth-order valence-corrected chi connectivity index (χ4v) is 4.34. The maximum atomic E-state index is 13.1. The van der Waals surface area contributed by atoms with Crippen LogP contribution in [0.1, 0.15) is 32.6 Å². The van der Waals surface area contributed by atoms with E-state index >= 15 is 0 Å². The van der Waals surface area contributed by atoms with Crippen molar-refractivity contribution in [3.05, 3.63) is 94.5 Å². The number of piperazine rings is 1. The molecule has 5 nitrogen and oxygen atoms in total. The van der Waals surface area contributed by atoms with Crippen molar-refractivity contribution in [2.24, 2.45) is 0 Å². The number of rotatable bonds is 5. The quantitative estimate of drug-likeness (QED) is 0.387. The smallest absolute Gasteiger partial charge is 0.368 e. The summed E-state index contributed by atoms with van der Waals surface area (Å²) in [5.74, 6) is -1.05. The van der Waals surface area contributed by atoms with Crippen LogP contribution in [0.25, 0.3) is 0 Å². The average molecular weight is 550 g/mol. The van der Waals surface area contributed by atoms with E-state index in [0.29, 0.717) is 44.7 Å². The van der Waals surface area contributed by atoms with Crippen LogP contribution < -0.4 is 10.2 Å². The standard InChI is InChI=1S/C28H25F6N3O2/c1-18-4-2-3-5-19(18)16-25(38)37-12-10-36(11-13-37)24-8-6-23(7-9-24)35-26(39)20-14-21(27(29,30)31)17-22(15-20)28(32,33)34/h2-9,14-15,17H,10-13,16H2,1H3,(H,35,39). The molecule has 39 heavy (non-hydrogen) atoms. The van der Waals surface area contributed by atoms with E-state index in [1.165, 1.54) is 12.1 Å². The Hall–Kier alpha value is -4.02. The number of anilines is 2. The summed E-state index contributed by atoms with van der Waals surface area (Å²) in [5, 5.41) is 2.35. The van der Waals surface area contributed by atoms with Crippen LogP contribution >= 0.6 is 0 Å². The lowest BCUT2D eigenvalue weighted by Crippen LogP contribution is -2.49. The molecule has 0 atom stereocenters. The van der Waals surface area contributed by atoms with Crippen LogP contribution in [0.4, 0.5) is 37.7 Å². The van der Waals surface area contributed by atoms with Crippen LogP contribution in [-0.2, 0) is 23.6 Å². The van der Waals surface area contributed by atoms with E-state index in [-0.39, 0.29) is 17.7 Å². The Morgan fingerprint density at radius 1 is 0.795 bits per heavy atom. The third-order valence-corrected chi connectivity index (χ3v) is 6.58. The molecule has 1 aliphatic heterocycles. The third kappa shape index (κ3) is 6.90. The zero-order valence-corrected chi connectivity index (χ0v) is 20.9. The molecule has 1 aliphatic rings. The van der Waals surface area contributed by atoms with Gasteiger partial charge in [0.1, 0.15) is 0 Å². The Morgan fingerprint density at radius 3 is 1.90 bits per heavy atom. The first kappa shape index (κ1) is 28.0. The minimum Gasteiger partial charge on any atom is -0.368 e. The summed E-state index contributed by atoms with van der Waals surface area (Å²) in [6.07, 6.45) is -9.77. The monoisotopic (exact) mass is 549 g/mol. The molecule has 0 bridgehead atoms. The molecule has 2 amide bonds. The van der Waals surface area contributed by atoms with Crippen LogP contribution in [0.3, 0.4) is 0 Å². The number of carbonyl (C=O) groups is 2. The van der Waals surface area contributed by atoms with Gasteiger partial charge in [-0.3, -0.25) is 9.59 Å². The summed E-state index contributed by atoms with van der Waals surface area (Å²) in [4.78, 5) is 29.1. The van der Waals surface area contributed by atoms with E-state index in [9.17, 15) is 35.9 Å². The number of benzene rings is 3. The minimum atomic E-state index is -5.05. The maximum Gasteiger partial charge on any atom is 0.416 e. The van der Waals surface area contributed by atoms with Gasteiger partial charge in [-0.25, -0.2) is 0 Å². The van der Waals surface area contributed by atoms with Crippen molar-refractivity contribution in [1.29, 1.82) is 0 Å². The lowest BCUT2D eigenvalue weighted by Gasteiger charge is -2.36. The van der Waals surface area contributed by atoms with Crippen LogP contribution in [0, 0.1) is 6.92 Å². The first-order chi connectivity index (χ1) is 18.3. The molecule has 3 aromatic rings. The first-order valence-electron chi connectivity index (χ1n) is 12.1. The second-order valence-electron chi connectivity index (χ2n) is 9.27. The van der Waals surface area contributed by atoms with Crippen molar-refractivity contribution in [3.8, 4) is 0 Å². The second kappa shape index (κ2) is 11.0. The largest absolute Gasteiger partial charge is 0.416 e. The fourth-order valence-electron chi connectivity index (χ4n) is 4.34. The third-order valence-electron chi connectivity index (χ3n) is 6.58. The molecule has 0 unspecified atom stereocenters.